The summed E-state index contributed by atoms with van der Waals surface area (Å²) in [6, 6.07) is 4.45. The van der Waals surface area contributed by atoms with E-state index in [-0.39, 0.29) is 6.61 Å². The van der Waals surface area contributed by atoms with Gasteiger partial charge in [-0.3, -0.25) is 4.90 Å². The number of hydrogen-bond donors (Lipinski definition) is 1. The third-order valence-corrected chi connectivity index (χ3v) is 4.76. The largest absolute Gasteiger partial charge is 0.496 e. The molecular weight excluding hydrogens is 334 g/mol. The first-order chi connectivity index (χ1) is 10.2. The number of ether oxygens (including phenoxy) is 2. The Labute approximate surface area is 135 Å². The fraction of sp³-hybridized carbons (Fsp3) is 0.625. The molecule has 118 valence electrons. The van der Waals surface area contributed by atoms with E-state index in [1.807, 2.05) is 12.1 Å². The van der Waals surface area contributed by atoms with Crippen molar-refractivity contribution < 1.29 is 14.6 Å². The van der Waals surface area contributed by atoms with Crippen LogP contribution in [0.5, 0.6) is 11.5 Å². The Morgan fingerprint density at radius 2 is 2.00 bits per heavy atom. The minimum atomic E-state index is 0.252. The lowest BCUT2D eigenvalue weighted by molar-refractivity contribution is 0.111. The quantitative estimate of drug-likeness (QED) is 0.848. The SMILES string of the molecule is COc1cc(CN2CCCCC2CCO)c(OC)cc1Br. The predicted molar refractivity (Wildman–Crippen MR) is 87.0 cm³/mol. The molecule has 0 bridgehead atoms. The molecule has 1 aromatic carbocycles. The fourth-order valence-corrected chi connectivity index (χ4v) is 3.49. The van der Waals surface area contributed by atoms with E-state index in [9.17, 15) is 5.11 Å². The number of halogens is 1. The van der Waals surface area contributed by atoms with Crippen LogP contribution in [0, 0.1) is 0 Å². The van der Waals surface area contributed by atoms with Crippen molar-refractivity contribution in [3.63, 3.8) is 0 Å². The second-order valence-electron chi connectivity index (χ2n) is 5.43. The highest BCUT2D eigenvalue weighted by Gasteiger charge is 2.23. The van der Waals surface area contributed by atoms with Gasteiger partial charge in [0.15, 0.2) is 0 Å². The van der Waals surface area contributed by atoms with Gasteiger partial charge in [0.25, 0.3) is 0 Å². The van der Waals surface area contributed by atoms with Gasteiger partial charge in [-0.1, -0.05) is 6.42 Å². The lowest BCUT2D eigenvalue weighted by atomic mass is 9.98. The van der Waals surface area contributed by atoms with Crippen LogP contribution in [0.1, 0.15) is 31.2 Å². The van der Waals surface area contributed by atoms with Crippen molar-refractivity contribution in [3.8, 4) is 11.5 Å². The average Bonchev–Trinajstić information content (AvgIpc) is 2.50. The third-order valence-electron chi connectivity index (χ3n) is 4.14. The Bertz CT molecular complexity index is 465. The van der Waals surface area contributed by atoms with Crippen LogP contribution in [0.2, 0.25) is 0 Å². The Morgan fingerprint density at radius 3 is 2.67 bits per heavy atom. The molecule has 4 nitrogen and oxygen atoms in total. The van der Waals surface area contributed by atoms with Gasteiger partial charge >= 0.3 is 0 Å². The van der Waals surface area contributed by atoms with Gasteiger partial charge in [-0.25, -0.2) is 0 Å². The second kappa shape index (κ2) is 8.01. The van der Waals surface area contributed by atoms with Crippen LogP contribution in [0.4, 0.5) is 0 Å². The molecule has 0 aromatic heterocycles. The van der Waals surface area contributed by atoms with Gasteiger partial charge in [-0.05, 0) is 53.9 Å². The molecule has 1 saturated heterocycles. The molecule has 1 atom stereocenters. The first-order valence-electron chi connectivity index (χ1n) is 7.45. The molecule has 21 heavy (non-hydrogen) atoms. The van der Waals surface area contributed by atoms with Gasteiger partial charge in [0.2, 0.25) is 0 Å². The highest BCUT2D eigenvalue weighted by Crippen LogP contribution is 2.34. The zero-order valence-electron chi connectivity index (χ0n) is 12.8. The van der Waals surface area contributed by atoms with Gasteiger partial charge in [0.1, 0.15) is 11.5 Å². The molecule has 1 aliphatic heterocycles. The Balaban J connectivity index is 2.20. The molecule has 1 unspecified atom stereocenters. The lowest BCUT2D eigenvalue weighted by Crippen LogP contribution is -2.39. The molecule has 1 heterocycles. The van der Waals surface area contributed by atoms with Gasteiger partial charge in [-0.15, -0.1) is 0 Å². The monoisotopic (exact) mass is 357 g/mol. The Morgan fingerprint density at radius 1 is 1.24 bits per heavy atom. The first-order valence-corrected chi connectivity index (χ1v) is 8.24. The minimum absolute atomic E-state index is 0.252. The van der Waals surface area contributed by atoms with Gasteiger partial charge in [-0.2, -0.15) is 0 Å². The molecule has 2 rings (SSSR count). The standard InChI is InChI=1S/C16H24BrNO3/c1-20-15-10-14(17)16(21-2)9-12(15)11-18-7-4-3-5-13(18)6-8-19/h9-10,13,19H,3-8,11H2,1-2H3. The summed E-state index contributed by atoms with van der Waals surface area (Å²) < 4.78 is 11.8. The molecule has 0 saturated carbocycles. The highest BCUT2D eigenvalue weighted by molar-refractivity contribution is 9.10. The minimum Gasteiger partial charge on any atom is -0.496 e. The van der Waals surface area contributed by atoms with Gasteiger partial charge in [0, 0.05) is 24.8 Å². The number of nitrogens with zero attached hydrogens (tertiary/aromatic N) is 1. The van der Waals surface area contributed by atoms with Gasteiger partial charge in [0.05, 0.1) is 18.7 Å². The van der Waals surface area contributed by atoms with Crippen molar-refractivity contribution in [2.75, 3.05) is 27.4 Å². The average molecular weight is 358 g/mol. The van der Waals surface area contributed by atoms with Crippen LogP contribution >= 0.6 is 15.9 Å². The fourth-order valence-electron chi connectivity index (χ4n) is 3.01. The topological polar surface area (TPSA) is 41.9 Å². The van der Waals surface area contributed by atoms with Crippen LogP contribution in [0.25, 0.3) is 0 Å². The van der Waals surface area contributed by atoms with E-state index in [1.54, 1.807) is 14.2 Å². The van der Waals surface area contributed by atoms with Crippen molar-refractivity contribution in [1.29, 1.82) is 0 Å². The number of likely N-dealkylation sites (tertiary alicyclic amines) is 1. The molecule has 1 aliphatic rings. The summed E-state index contributed by atoms with van der Waals surface area (Å²) in [6.07, 6.45) is 4.48. The summed E-state index contributed by atoms with van der Waals surface area (Å²) in [7, 11) is 3.37. The molecule has 0 amide bonds. The van der Waals surface area contributed by atoms with Crippen molar-refractivity contribution in [3.05, 3.63) is 22.2 Å². The van der Waals surface area contributed by atoms with Crippen LogP contribution in [-0.2, 0) is 6.54 Å². The number of benzene rings is 1. The summed E-state index contributed by atoms with van der Waals surface area (Å²) >= 11 is 3.49. The van der Waals surface area contributed by atoms with E-state index in [0.717, 1.165) is 47.5 Å². The van der Waals surface area contributed by atoms with Gasteiger partial charge < -0.3 is 14.6 Å². The van der Waals surface area contributed by atoms with E-state index < -0.39 is 0 Å². The summed E-state index contributed by atoms with van der Waals surface area (Å²) in [5.41, 5.74) is 1.13. The molecule has 5 heteroatoms. The molecular formula is C16H24BrNO3. The van der Waals surface area contributed by atoms with Crippen molar-refractivity contribution in [2.24, 2.45) is 0 Å². The molecule has 0 aliphatic carbocycles. The van der Waals surface area contributed by atoms with E-state index in [0.29, 0.717) is 6.04 Å². The van der Waals surface area contributed by atoms with Crippen LogP contribution < -0.4 is 9.47 Å². The molecule has 1 fully saturated rings. The van der Waals surface area contributed by atoms with Crippen LogP contribution in [0.15, 0.2) is 16.6 Å². The Kier molecular flexibility index (Phi) is 6.33. The molecule has 1 aromatic rings. The first kappa shape index (κ1) is 16.6. The highest BCUT2D eigenvalue weighted by atomic mass is 79.9. The smallest absolute Gasteiger partial charge is 0.133 e. The molecule has 1 N–H and O–H groups in total. The summed E-state index contributed by atoms with van der Waals surface area (Å²) in [6.45, 7) is 2.16. The van der Waals surface area contributed by atoms with E-state index in [2.05, 4.69) is 20.8 Å². The van der Waals surface area contributed by atoms with E-state index in [4.69, 9.17) is 9.47 Å². The zero-order chi connectivity index (χ0) is 15.2. The maximum Gasteiger partial charge on any atom is 0.133 e. The number of aliphatic hydroxyl groups is 1. The van der Waals surface area contributed by atoms with Crippen molar-refractivity contribution in [2.45, 2.75) is 38.3 Å². The number of hydrogen-bond acceptors (Lipinski definition) is 4. The summed E-state index contributed by atoms with van der Waals surface area (Å²) in [4.78, 5) is 2.45. The zero-order valence-corrected chi connectivity index (χ0v) is 14.4. The molecule has 0 radical (unpaired) electrons. The number of methoxy groups -OCH3 is 2. The van der Waals surface area contributed by atoms with Crippen LogP contribution in [0.3, 0.4) is 0 Å². The third kappa shape index (κ3) is 4.11. The maximum atomic E-state index is 9.24. The summed E-state index contributed by atoms with van der Waals surface area (Å²) in [5, 5.41) is 9.24. The second-order valence-corrected chi connectivity index (χ2v) is 6.29. The van der Waals surface area contributed by atoms with E-state index >= 15 is 0 Å². The Hall–Kier alpha value is -0.780. The van der Waals surface area contributed by atoms with Crippen LogP contribution in [-0.4, -0.2) is 43.4 Å². The van der Waals surface area contributed by atoms with Crippen molar-refractivity contribution in [1.82, 2.24) is 4.90 Å². The number of rotatable bonds is 6. The normalized spacial score (nSPS) is 19.5. The van der Waals surface area contributed by atoms with Crippen molar-refractivity contribution >= 4 is 15.9 Å². The maximum absolute atomic E-state index is 9.24. The summed E-state index contributed by atoms with van der Waals surface area (Å²) in [5.74, 6) is 1.69. The molecule has 0 spiro atoms. The predicted octanol–water partition coefficient (Wildman–Crippen LogP) is 3.20. The number of aliphatic hydroxyl groups excluding tert-OH is 1. The lowest BCUT2D eigenvalue weighted by Gasteiger charge is -2.35. The van der Waals surface area contributed by atoms with E-state index in [1.165, 1.54) is 12.8 Å². The number of piperidine rings is 1.